The molecule has 1 atom stereocenters. The molecule has 2 aromatic carbocycles. The Morgan fingerprint density at radius 2 is 1.81 bits per heavy atom. The summed E-state index contributed by atoms with van der Waals surface area (Å²) in [6.07, 6.45) is 1.48. The molecule has 0 spiro atoms. The van der Waals surface area contributed by atoms with Crippen molar-refractivity contribution in [3.05, 3.63) is 54.1 Å². The van der Waals surface area contributed by atoms with E-state index in [4.69, 9.17) is 4.74 Å². The Labute approximate surface area is 185 Å². The van der Waals surface area contributed by atoms with Crippen LogP contribution in [0.2, 0.25) is 0 Å². The topological polar surface area (TPSA) is 61.9 Å². The van der Waals surface area contributed by atoms with Gasteiger partial charge < -0.3 is 19.9 Å². The molecule has 0 radical (unpaired) electrons. The van der Waals surface area contributed by atoms with Crippen LogP contribution >= 0.6 is 0 Å². The third-order valence-corrected chi connectivity index (χ3v) is 5.80. The second kappa shape index (κ2) is 11.0. The van der Waals surface area contributed by atoms with Crippen LogP contribution in [0.1, 0.15) is 18.9 Å². The van der Waals surface area contributed by atoms with E-state index in [2.05, 4.69) is 24.4 Å². The fourth-order valence-electron chi connectivity index (χ4n) is 4.27. The number of rotatable bonds is 8. The van der Waals surface area contributed by atoms with E-state index in [0.29, 0.717) is 26.1 Å². The van der Waals surface area contributed by atoms with E-state index in [1.807, 2.05) is 46.2 Å². The molecule has 3 rings (SSSR count). The van der Waals surface area contributed by atoms with Crippen molar-refractivity contribution >= 4 is 11.8 Å². The van der Waals surface area contributed by atoms with Gasteiger partial charge in [0.1, 0.15) is 5.75 Å². The summed E-state index contributed by atoms with van der Waals surface area (Å²) in [4.78, 5) is 29.7. The minimum Gasteiger partial charge on any atom is -0.496 e. The minimum atomic E-state index is -0.272. The Bertz CT molecular complexity index is 899. The van der Waals surface area contributed by atoms with Gasteiger partial charge in [-0.15, -0.1) is 0 Å². The number of carbonyl (C=O) groups excluding carboxylic acids is 2. The zero-order chi connectivity index (χ0) is 22.2. The largest absolute Gasteiger partial charge is 0.496 e. The average Bonchev–Trinajstić information content (AvgIpc) is 2.94. The molecule has 1 saturated heterocycles. The third-order valence-electron chi connectivity index (χ3n) is 5.80. The van der Waals surface area contributed by atoms with Crippen molar-refractivity contribution in [1.29, 1.82) is 0 Å². The highest BCUT2D eigenvalue weighted by Gasteiger charge is 2.32. The first-order valence-corrected chi connectivity index (χ1v) is 11.0. The molecule has 2 aromatic rings. The van der Waals surface area contributed by atoms with Gasteiger partial charge in [0.05, 0.1) is 19.6 Å². The van der Waals surface area contributed by atoms with Crippen LogP contribution in [-0.4, -0.2) is 68.5 Å². The maximum atomic E-state index is 13.4. The fourth-order valence-corrected chi connectivity index (χ4v) is 4.27. The summed E-state index contributed by atoms with van der Waals surface area (Å²) in [5.74, 6) is 0.708. The molecule has 166 valence electrons. The van der Waals surface area contributed by atoms with E-state index < -0.39 is 0 Å². The fraction of sp³-hybridized carbons (Fsp3) is 0.440. The summed E-state index contributed by atoms with van der Waals surface area (Å²) in [5, 5.41) is 2.94. The monoisotopic (exact) mass is 423 g/mol. The summed E-state index contributed by atoms with van der Waals surface area (Å²) in [5.41, 5.74) is 3.16. The highest BCUT2D eigenvalue weighted by molar-refractivity contribution is 5.83. The smallest absolute Gasteiger partial charge is 0.236 e. The van der Waals surface area contributed by atoms with Crippen molar-refractivity contribution in [1.82, 2.24) is 15.1 Å². The molecule has 1 heterocycles. The number of amides is 2. The predicted molar refractivity (Wildman–Crippen MR) is 123 cm³/mol. The van der Waals surface area contributed by atoms with Crippen LogP contribution < -0.4 is 10.1 Å². The maximum absolute atomic E-state index is 13.4. The lowest BCUT2D eigenvalue weighted by Crippen LogP contribution is -2.41. The maximum Gasteiger partial charge on any atom is 0.236 e. The van der Waals surface area contributed by atoms with E-state index in [9.17, 15) is 9.59 Å². The second-order valence-electron chi connectivity index (χ2n) is 7.95. The van der Waals surface area contributed by atoms with Crippen LogP contribution in [0.5, 0.6) is 5.75 Å². The molecule has 1 N–H and O–H groups in total. The van der Waals surface area contributed by atoms with Gasteiger partial charge in [0.2, 0.25) is 11.8 Å². The molecular weight excluding hydrogens is 390 g/mol. The summed E-state index contributed by atoms with van der Waals surface area (Å²) in [7, 11) is 3.44. The molecule has 2 amide bonds. The first-order valence-electron chi connectivity index (χ1n) is 11.0. The third kappa shape index (κ3) is 5.44. The molecule has 0 aromatic heterocycles. The molecule has 6 heteroatoms. The van der Waals surface area contributed by atoms with Crippen LogP contribution in [-0.2, 0) is 16.0 Å². The molecule has 0 unspecified atom stereocenters. The minimum absolute atomic E-state index is 0.0386. The van der Waals surface area contributed by atoms with Gasteiger partial charge in [-0.25, -0.2) is 0 Å². The van der Waals surface area contributed by atoms with Crippen LogP contribution in [0.25, 0.3) is 11.1 Å². The van der Waals surface area contributed by atoms with Crippen LogP contribution in [0, 0.1) is 5.92 Å². The van der Waals surface area contributed by atoms with Gasteiger partial charge in [-0.05, 0) is 37.1 Å². The van der Waals surface area contributed by atoms with Crippen molar-refractivity contribution in [3.63, 3.8) is 0 Å². The Morgan fingerprint density at radius 1 is 1.10 bits per heavy atom. The molecule has 31 heavy (non-hydrogen) atoms. The molecule has 0 saturated carbocycles. The van der Waals surface area contributed by atoms with E-state index in [1.165, 1.54) is 0 Å². The van der Waals surface area contributed by atoms with Crippen molar-refractivity contribution < 1.29 is 14.3 Å². The zero-order valence-electron chi connectivity index (χ0n) is 18.8. The number of hydrogen-bond donors (Lipinski definition) is 1. The zero-order valence-corrected chi connectivity index (χ0v) is 18.8. The van der Waals surface area contributed by atoms with E-state index in [0.717, 1.165) is 35.4 Å². The number of hydrogen-bond acceptors (Lipinski definition) is 4. The number of benzene rings is 2. The van der Waals surface area contributed by atoms with Gasteiger partial charge in [0, 0.05) is 31.7 Å². The molecule has 6 nitrogen and oxygen atoms in total. The lowest BCUT2D eigenvalue weighted by Gasteiger charge is -2.25. The van der Waals surface area contributed by atoms with Crippen LogP contribution in [0.4, 0.5) is 0 Å². The van der Waals surface area contributed by atoms with Gasteiger partial charge in [-0.2, -0.15) is 0 Å². The van der Waals surface area contributed by atoms with E-state index >= 15 is 0 Å². The summed E-state index contributed by atoms with van der Waals surface area (Å²) >= 11 is 0. The standard InChI is InChI=1S/C25H33N3O3/c1-4-13-27-14-15-28(24(29)17-26-2)18-20(25(27)30)16-19-9-5-6-10-21(19)22-11-7-8-12-23(22)31-3/h5-12,20,26H,4,13-18H2,1-3H3/t20-/m0/s1. The summed E-state index contributed by atoms with van der Waals surface area (Å²) in [6, 6.07) is 16.1. The van der Waals surface area contributed by atoms with Crippen molar-refractivity contribution in [2.45, 2.75) is 19.8 Å². The molecule has 1 aliphatic heterocycles. The van der Waals surface area contributed by atoms with Crippen molar-refractivity contribution in [3.8, 4) is 16.9 Å². The number of carbonyl (C=O) groups is 2. The van der Waals surface area contributed by atoms with Gasteiger partial charge in [-0.3, -0.25) is 9.59 Å². The number of nitrogens with one attached hydrogen (secondary N) is 1. The number of methoxy groups -OCH3 is 1. The Balaban J connectivity index is 1.93. The second-order valence-corrected chi connectivity index (χ2v) is 7.95. The van der Waals surface area contributed by atoms with Gasteiger partial charge >= 0.3 is 0 Å². The first-order chi connectivity index (χ1) is 15.1. The molecular formula is C25H33N3O3. The summed E-state index contributed by atoms with van der Waals surface area (Å²) < 4.78 is 5.58. The lowest BCUT2D eigenvalue weighted by molar-refractivity contribution is -0.134. The van der Waals surface area contributed by atoms with Crippen LogP contribution in [0.3, 0.4) is 0 Å². The number of para-hydroxylation sites is 1. The quantitative estimate of drug-likeness (QED) is 0.709. The predicted octanol–water partition coefficient (Wildman–Crippen LogP) is 2.82. The molecule has 1 aliphatic rings. The van der Waals surface area contributed by atoms with Gasteiger partial charge in [-0.1, -0.05) is 49.4 Å². The highest BCUT2D eigenvalue weighted by atomic mass is 16.5. The number of ether oxygens (including phenoxy) is 1. The van der Waals surface area contributed by atoms with Gasteiger partial charge in [0.25, 0.3) is 0 Å². The normalized spacial score (nSPS) is 16.9. The van der Waals surface area contributed by atoms with Crippen molar-refractivity contribution in [2.75, 3.05) is 46.9 Å². The van der Waals surface area contributed by atoms with Crippen molar-refractivity contribution in [2.24, 2.45) is 5.92 Å². The first kappa shape index (κ1) is 22.8. The van der Waals surface area contributed by atoms with Crippen LogP contribution in [0.15, 0.2) is 48.5 Å². The van der Waals surface area contributed by atoms with Gasteiger partial charge in [0.15, 0.2) is 0 Å². The van der Waals surface area contributed by atoms with E-state index in [-0.39, 0.29) is 24.3 Å². The molecule has 0 aliphatic carbocycles. The molecule has 1 fully saturated rings. The number of nitrogens with zero attached hydrogens (tertiary/aromatic N) is 2. The Kier molecular flexibility index (Phi) is 8.06. The Hall–Kier alpha value is -2.86. The SMILES string of the molecule is CCCN1CCN(C(=O)CNC)C[C@H](Cc2ccccc2-c2ccccc2OC)C1=O. The average molecular weight is 424 g/mol. The van der Waals surface area contributed by atoms with E-state index in [1.54, 1.807) is 14.2 Å². The Morgan fingerprint density at radius 3 is 2.52 bits per heavy atom. The lowest BCUT2D eigenvalue weighted by atomic mass is 9.91. The summed E-state index contributed by atoms with van der Waals surface area (Å²) in [6.45, 7) is 4.70. The number of likely N-dealkylation sites (N-methyl/N-ethyl adjacent to an activating group) is 1. The molecule has 0 bridgehead atoms. The highest BCUT2D eigenvalue weighted by Crippen LogP contribution is 2.33.